The molecule has 0 atom stereocenters. The molecule has 2 aromatic heterocycles. The smallest absolute Gasteiger partial charge is 0.237 e. The fourth-order valence-corrected chi connectivity index (χ4v) is 3.36. The Labute approximate surface area is 159 Å². The molecule has 0 fully saturated rings. The fraction of sp³-hybridized carbons (Fsp3) is 0.111. The summed E-state index contributed by atoms with van der Waals surface area (Å²) in [5, 5.41) is 13.7. The highest BCUT2D eigenvalue weighted by atomic mass is 35.5. The van der Waals surface area contributed by atoms with E-state index in [1.54, 1.807) is 18.5 Å². The number of hydrogen-bond acceptors (Lipinski definition) is 6. The van der Waals surface area contributed by atoms with Crippen LogP contribution in [0.4, 0.5) is 0 Å². The van der Waals surface area contributed by atoms with Gasteiger partial charge in [0.15, 0.2) is 5.16 Å². The van der Waals surface area contributed by atoms with Crippen molar-refractivity contribution in [2.45, 2.75) is 17.8 Å². The molecule has 0 amide bonds. The zero-order chi connectivity index (χ0) is 17.9. The molecule has 4 aromatic rings. The summed E-state index contributed by atoms with van der Waals surface area (Å²) in [6, 6.07) is 15.4. The third-order valence-corrected chi connectivity index (χ3v) is 4.97. The SMILES string of the molecule is Cc1ccccc1-n1cnnc1SCc1nc(-c2ccc(Cl)cc2)no1. The average molecular weight is 384 g/mol. The molecule has 0 radical (unpaired) electrons. The molecule has 0 N–H and O–H groups in total. The Morgan fingerprint density at radius 1 is 1.12 bits per heavy atom. The lowest BCUT2D eigenvalue weighted by atomic mass is 10.2. The number of hydrogen-bond donors (Lipinski definition) is 0. The van der Waals surface area contributed by atoms with Crippen LogP contribution in [0.3, 0.4) is 0 Å². The molecule has 0 aliphatic carbocycles. The molecule has 2 heterocycles. The Morgan fingerprint density at radius 2 is 1.92 bits per heavy atom. The summed E-state index contributed by atoms with van der Waals surface area (Å²) in [6.45, 7) is 2.06. The number of halogens is 1. The van der Waals surface area contributed by atoms with Crippen LogP contribution in [0.15, 0.2) is 64.5 Å². The molecule has 26 heavy (non-hydrogen) atoms. The first-order valence-electron chi connectivity index (χ1n) is 7.88. The van der Waals surface area contributed by atoms with Gasteiger partial charge in [-0.05, 0) is 42.8 Å². The summed E-state index contributed by atoms with van der Waals surface area (Å²) in [7, 11) is 0. The van der Waals surface area contributed by atoms with E-state index < -0.39 is 0 Å². The number of aryl methyl sites for hydroxylation is 1. The van der Waals surface area contributed by atoms with E-state index in [0.717, 1.165) is 22.0 Å². The van der Waals surface area contributed by atoms with Crippen molar-refractivity contribution in [3.63, 3.8) is 0 Å². The predicted octanol–water partition coefficient (Wildman–Crippen LogP) is 4.57. The molecule has 0 unspecified atom stereocenters. The molecular formula is C18H14ClN5OS. The van der Waals surface area contributed by atoms with Crippen molar-refractivity contribution >= 4 is 23.4 Å². The molecule has 2 aromatic carbocycles. The van der Waals surface area contributed by atoms with Crippen LogP contribution in [0.25, 0.3) is 17.1 Å². The highest BCUT2D eigenvalue weighted by Crippen LogP contribution is 2.25. The van der Waals surface area contributed by atoms with Crippen molar-refractivity contribution in [1.29, 1.82) is 0 Å². The Hall–Kier alpha value is -2.64. The predicted molar refractivity (Wildman–Crippen MR) is 100 cm³/mol. The van der Waals surface area contributed by atoms with Gasteiger partial charge in [0, 0.05) is 10.6 Å². The minimum absolute atomic E-state index is 0.505. The van der Waals surface area contributed by atoms with Crippen LogP contribution < -0.4 is 0 Å². The van der Waals surface area contributed by atoms with Crippen molar-refractivity contribution in [3.05, 3.63) is 71.3 Å². The highest BCUT2D eigenvalue weighted by molar-refractivity contribution is 7.98. The van der Waals surface area contributed by atoms with Gasteiger partial charge in [0.1, 0.15) is 6.33 Å². The van der Waals surface area contributed by atoms with E-state index in [0.29, 0.717) is 22.5 Å². The molecule has 8 heteroatoms. The van der Waals surface area contributed by atoms with Crippen molar-refractivity contribution in [2.75, 3.05) is 0 Å². The van der Waals surface area contributed by atoms with E-state index >= 15 is 0 Å². The van der Waals surface area contributed by atoms with Gasteiger partial charge < -0.3 is 4.52 Å². The van der Waals surface area contributed by atoms with Crippen LogP contribution in [0.5, 0.6) is 0 Å². The maximum Gasteiger partial charge on any atom is 0.237 e. The standard InChI is InChI=1S/C18H14ClN5OS/c1-12-4-2-3-5-15(12)24-11-20-22-18(24)26-10-16-21-17(23-25-16)13-6-8-14(19)9-7-13/h2-9,11H,10H2,1H3. The Bertz CT molecular complexity index is 1030. The van der Waals surface area contributed by atoms with E-state index in [1.165, 1.54) is 11.8 Å². The van der Waals surface area contributed by atoms with Crippen LogP contribution in [0.2, 0.25) is 5.02 Å². The van der Waals surface area contributed by atoms with Gasteiger partial charge in [-0.2, -0.15) is 4.98 Å². The fourth-order valence-electron chi connectivity index (χ4n) is 2.48. The first-order valence-corrected chi connectivity index (χ1v) is 9.24. The Morgan fingerprint density at radius 3 is 2.73 bits per heavy atom. The Kier molecular flexibility index (Phi) is 4.73. The summed E-state index contributed by atoms with van der Waals surface area (Å²) in [6.07, 6.45) is 1.71. The monoisotopic (exact) mass is 383 g/mol. The van der Waals surface area contributed by atoms with Crippen LogP contribution in [0, 0.1) is 6.92 Å². The van der Waals surface area contributed by atoms with E-state index in [9.17, 15) is 0 Å². The second kappa shape index (κ2) is 7.31. The molecule has 0 spiro atoms. The first kappa shape index (κ1) is 16.8. The van der Waals surface area contributed by atoms with E-state index in [4.69, 9.17) is 16.1 Å². The van der Waals surface area contributed by atoms with Gasteiger partial charge in [0.2, 0.25) is 11.7 Å². The van der Waals surface area contributed by atoms with Gasteiger partial charge >= 0.3 is 0 Å². The van der Waals surface area contributed by atoms with Crippen molar-refractivity contribution in [1.82, 2.24) is 24.9 Å². The quantitative estimate of drug-likeness (QED) is 0.470. The van der Waals surface area contributed by atoms with Crippen LogP contribution in [-0.4, -0.2) is 24.9 Å². The molecule has 0 aliphatic heterocycles. The van der Waals surface area contributed by atoms with Crippen molar-refractivity contribution in [2.24, 2.45) is 0 Å². The number of nitrogens with zero attached hydrogens (tertiary/aromatic N) is 5. The van der Waals surface area contributed by atoms with E-state index in [2.05, 4.69) is 33.3 Å². The second-order valence-corrected chi connectivity index (χ2v) is 6.96. The molecule has 0 aliphatic rings. The molecule has 4 rings (SSSR count). The second-order valence-electron chi connectivity index (χ2n) is 5.58. The van der Waals surface area contributed by atoms with Gasteiger partial charge in [-0.15, -0.1) is 10.2 Å². The van der Waals surface area contributed by atoms with E-state index in [1.807, 2.05) is 34.9 Å². The Balaban J connectivity index is 1.50. The van der Waals surface area contributed by atoms with E-state index in [-0.39, 0.29) is 0 Å². The zero-order valence-corrected chi connectivity index (χ0v) is 15.4. The van der Waals surface area contributed by atoms with Crippen LogP contribution in [0.1, 0.15) is 11.5 Å². The van der Waals surface area contributed by atoms with Gasteiger partial charge in [-0.1, -0.05) is 46.7 Å². The lowest BCUT2D eigenvalue weighted by Gasteiger charge is -2.08. The zero-order valence-electron chi connectivity index (χ0n) is 13.8. The topological polar surface area (TPSA) is 69.6 Å². The third-order valence-electron chi connectivity index (χ3n) is 3.79. The maximum atomic E-state index is 5.90. The third kappa shape index (κ3) is 3.49. The minimum Gasteiger partial charge on any atom is -0.338 e. The normalized spacial score (nSPS) is 11.0. The van der Waals surface area contributed by atoms with Crippen molar-refractivity contribution in [3.8, 4) is 17.1 Å². The maximum absolute atomic E-state index is 5.90. The summed E-state index contributed by atoms with van der Waals surface area (Å²) in [5.74, 6) is 1.57. The molecule has 0 saturated heterocycles. The number of para-hydroxylation sites is 1. The van der Waals surface area contributed by atoms with Gasteiger partial charge in [0.05, 0.1) is 11.4 Å². The molecule has 0 saturated carbocycles. The highest BCUT2D eigenvalue weighted by Gasteiger charge is 2.13. The van der Waals surface area contributed by atoms with Crippen molar-refractivity contribution < 1.29 is 4.52 Å². The summed E-state index contributed by atoms with van der Waals surface area (Å²) >= 11 is 7.40. The first-order chi connectivity index (χ1) is 12.7. The lowest BCUT2D eigenvalue weighted by molar-refractivity contribution is 0.391. The summed E-state index contributed by atoms with van der Waals surface area (Å²) in [5.41, 5.74) is 3.06. The summed E-state index contributed by atoms with van der Waals surface area (Å²) < 4.78 is 7.30. The average Bonchev–Trinajstić information content (AvgIpc) is 3.30. The molecule has 130 valence electrons. The van der Waals surface area contributed by atoms with Crippen LogP contribution in [-0.2, 0) is 5.75 Å². The van der Waals surface area contributed by atoms with Gasteiger partial charge in [-0.25, -0.2) is 0 Å². The number of benzene rings is 2. The number of aromatic nitrogens is 5. The molecular weight excluding hydrogens is 370 g/mol. The largest absolute Gasteiger partial charge is 0.338 e. The molecule has 0 bridgehead atoms. The number of rotatable bonds is 5. The van der Waals surface area contributed by atoms with Gasteiger partial charge in [0.25, 0.3) is 0 Å². The lowest BCUT2D eigenvalue weighted by Crippen LogP contribution is -1.97. The molecule has 6 nitrogen and oxygen atoms in total. The number of thioether (sulfide) groups is 1. The minimum atomic E-state index is 0.505. The van der Waals surface area contributed by atoms with Crippen LogP contribution >= 0.6 is 23.4 Å². The summed E-state index contributed by atoms with van der Waals surface area (Å²) in [4.78, 5) is 4.43. The van der Waals surface area contributed by atoms with Gasteiger partial charge in [-0.3, -0.25) is 4.57 Å².